The third-order valence-corrected chi connectivity index (χ3v) is 2.75. The highest BCUT2D eigenvalue weighted by molar-refractivity contribution is 5.73. The molecule has 2 rings (SSSR count). The highest BCUT2D eigenvalue weighted by atomic mass is 16.3. The molecule has 0 aromatic heterocycles. The van der Waals surface area contributed by atoms with Crippen molar-refractivity contribution in [3.05, 3.63) is 53.1 Å². The monoisotopic (exact) mass is 242 g/mol. The van der Waals surface area contributed by atoms with Gasteiger partial charge in [-0.3, -0.25) is 0 Å². The second kappa shape index (κ2) is 4.84. The fraction of sp³-hybridized carbons (Fsp3) is 0.0667. The first-order valence-corrected chi connectivity index (χ1v) is 5.56. The van der Waals surface area contributed by atoms with Crippen LogP contribution in [0.5, 0.6) is 17.2 Å². The van der Waals surface area contributed by atoms with Gasteiger partial charge in [0.2, 0.25) is 0 Å². The van der Waals surface area contributed by atoms with E-state index >= 15 is 0 Å². The zero-order chi connectivity index (χ0) is 13.1. The summed E-state index contributed by atoms with van der Waals surface area (Å²) in [6, 6.07) is 9.67. The van der Waals surface area contributed by atoms with Crippen LogP contribution in [0.15, 0.2) is 36.4 Å². The summed E-state index contributed by atoms with van der Waals surface area (Å²) in [6.07, 6.45) is 3.65. The van der Waals surface area contributed by atoms with Gasteiger partial charge in [-0.1, -0.05) is 24.3 Å². The minimum absolute atomic E-state index is 0.0310. The Morgan fingerprint density at radius 2 is 1.50 bits per heavy atom. The zero-order valence-corrected chi connectivity index (χ0v) is 9.96. The number of benzene rings is 2. The molecule has 3 nitrogen and oxygen atoms in total. The van der Waals surface area contributed by atoms with E-state index in [2.05, 4.69) is 0 Å². The summed E-state index contributed by atoms with van der Waals surface area (Å²) in [7, 11) is 0. The fourth-order valence-corrected chi connectivity index (χ4v) is 1.65. The molecule has 0 saturated heterocycles. The molecule has 0 atom stereocenters. The van der Waals surface area contributed by atoms with Gasteiger partial charge in [-0.25, -0.2) is 0 Å². The minimum Gasteiger partial charge on any atom is -0.508 e. The number of phenols is 3. The number of rotatable bonds is 2. The molecule has 3 heteroatoms. The first kappa shape index (κ1) is 12.0. The SMILES string of the molecule is Cc1c(O)cc(O)cc1/C=C/c1ccc(O)cc1. The lowest BCUT2D eigenvalue weighted by atomic mass is 10.1. The molecule has 0 aliphatic carbocycles. The lowest BCUT2D eigenvalue weighted by Crippen LogP contribution is -1.82. The highest BCUT2D eigenvalue weighted by Gasteiger charge is 2.03. The molecule has 0 aliphatic rings. The smallest absolute Gasteiger partial charge is 0.122 e. The van der Waals surface area contributed by atoms with E-state index in [9.17, 15) is 10.2 Å². The van der Waals surface area contributed by atoms with E-state index in [4.69, 9.17) is 5.11 Å². The average Bonchev–Trinajstić information content (AvgIpc) is 2.34. The molecule has 0 amide bonds. The fourth-order valence-electron chi connectivity index (χ4n) is 1.65. The van der Waals surface area contributed by atoms with Gasteiger partial charge < -0.3 is 15.3 Å². The Bertz CT molecular complexity index is 583. The largest absolute Gasteiger partial charge is 0.508 e. The van der Waals surface area contributed by atoms with Crippen molar-refractivity contribution in [1.29, 1.82) is 0 Å². The van der Waals surface area contributed by atoms with Crippen molar-refractivity contribution in [3.8, 4) is 17.2 Å². The maximum Gasteiger partial charge on any atom is 0.122 e. The Kier molecular flexibility index (Phi) is 3.24. The van der Waals surface area contributed by atoms with Crippen molar-refractivity contribution < 1.29 is 15.3 Å². The van der Waals surface area contributed by atoms with Crippen molar-refractivity contribution in [2.75, 3.05) is 0 Å². The molecule has 0 fully saturated rings. The van der Waals surface area contributed by atoms with Gasteiger partial charge in [0.1, 0.15) is 17.2 Å². The van der Waals surface area contributed by atoms with Crippen LogP contribution in [0.4, 0.5) is 0 Å². The third kappa shape index (κ3) is 2.63. The van der Waals surface area contributed by atoms with E-state index in [0.29, 0.717) is 5.56 Å². The summed E-state index contributed by atoms with van der Waals surface area (Å²) in [5, 5.41) is 28.2. The molecule has 0 heterocycles. The van der Waals surface area contributed by atoms with Crippen molar-refractivity contribution in [3.63, 3.8) is 0 Å². The highest BCUT2D eigenvalue weighted by Crippen LogP contribution is 2.27. The maximum absolute atomic E-state index is 9.59. The van der Waals surface area contributed by atoms with Crippen LogP contribution in [-0.4, -0.2) is 15.3 Å². The summed E-state index contributed by atoms with van der Waals surface area (Å²) in [5.74, 6) is 0.321. The summed E-state index contributed by atoms with van der Waals surface area (Å²) in [5.41, 5.74) is 2.39. The van der Waals surface area contributed by atoms with Gasteiger partial charge in [0.05, 0.1) is 0 Å². The van der Waals surface area contributed by atoms with Gasteiger partial charge in [-0.05, 0) is 41.8 Å². The standard InChI is InChI=1S/C15H14O3/c1-10-12(8-14(17)9-15(10)18)5-2-11-3-6-13(16)7-4-11/h2-9,16-18H,1H3/b5-2+. The number of aromatic hydroxyl groups is 3. The van der Waals surface area contributed by atoms with Crippen LogP contribution in [0.3, 0.4) is 0 Å². The van der Waals surface area contributed by atoms with Gasteiger partial charge in [0, 0.05) is 6.07 Å². The summed E-state index contributed by atoms with van der Waals surface area (Å²) in [4.78, 5) is 0. The number of hydrogen-bond donors (Lipinski definition) is 3. The first-order valence-electron chi connectivity index (χ1n) is 5.56. The molecule has 3 N–H and O–H groups in total. The molecule has 0 unspecified atom stereocenters. The minimum atomic E-state index is 0.0310. The van der Waals surface area contributed by atoms with Crippen LogP contribution in [0, 0.1) is 6.92 Å². The predicted octanol–water partition coefficient (Wildman–Crippen LogP) is 3.28. The van der Waals surface area contributed by atoms with E-state index in [-0.39, 0.29) is 17.2 Å². The van der Waals surface area contributed by atoms with Gasteiger partial charge in [-0.15, -0.1) is 0 Å². The van der Waals surface area contributed by atoms with Crippen LogP contribution < -0.4 is 0 Å². The van der Waals surface area contributed by atoms with E-state index in [1.54, 1.807) is 43.3 Å². The lowest BCUT2D eigenvalue weighted by molar-refractivity contribution is 0.447. The lowest BCUT2D eigenvalue weighted by Gasteiger charge is -2.04. The normalized spacial score (nSPS) is 10.9. The summed E-state index contributed by atoms with van der Waals surface area (Å²) >= 11 is 0. The Morgan fingerprint density at radius 1 is 0.833 bits per heavy atom. The number of hydrogen-bond acceptors (Lipinski definition) is 3. The zero-order valence-electron chi connectivity index (χ0n) is 9.96. The van der Waals surface area contributed by atoms with E-state index < -0.39 is 0 Å². The Morgan fingerprint density at radius 3 is 2.17 bits per heavy atom. The van der Waals surface area contributed by atoms with Crippen LogP contribution in [-0.2, 0) is 0 Å². The molecule has 92 valence electrons. The molecule has 0 bridgehead atoms. The van der Waals surface area contributed by atoms with Gasteiger partial charge in [0.15, 0.2) is 0 Å². The summed E-state index contributed by atoms with van der Waals surface area (Å²) < 4.78 is 0. The molecule has 2 aromatic carbocycles. The topological polar surface area (TPSA) is 60.7 Å². The van der Waals surface area contributed by atoms with Crippen molar-refractivity contribution in [2.24, 2.45) is 0 Å². The van der Waals surface area contributed by atoms with Gasteiger partial charge >= 0.3 is 0 Å². The second-order valence-corrected chi connectivity index (χ2v) is 4.10. The Balaban J connectivity index is 2.31. The van der Waals surface area contributed by atoms with E-state index in [0.717, 1.165) is 11.1 Å². The Labute approximate surface area is 105 Å². The maximum atomic E-state index is 9.59. The quantitative estimate of drug-likeness (QED) is 0.708. The van der Waals surface area contributed by atoms with Crippen LogP contribution in [0.1, 0.15) is 16.7 Å². The van der Waals surface area contributed by atoms with Crippen molar-refractivity contribution in [2.45, 2.75) is 6.92 Å². The first-order chi connectivity index (χ1) is 8.56. The van der Waals surface area contributed by atoms with Crippen LogP contribution in [0.25, 0.3) is 12.2 Å². The van der Waals surface area contributed by atoms with Gasteiger partial charge in [-0.2, -0.15) is 0 Å². The van der Waals surface area contributed by atoms with Crippen molar-refractivity contribution >= 4 is 12.2 Å². The molecule has 0 saturated carbocycles. The molecule has 18 heavy (non-hydrogen) atoms. The third-order valence-electron chi connectivity index (χ3n) is 2.75. The van der Waals surface area contributed by atoms with E-state index in [1.807, 2.05) is 6.08 Å². The van der Waals surface area contributed by atoms with Gasteiger partial charge in [0.25, 0.3) is 0 Å². The molecule has 0 aliphatic heterocycles. The number of phenolic OH excluding ortho intramolecular Hbond substituents is 3. The molecule has 2 aromatic rings. The molecular weight excluding hydrogens is 228 g/mol. The van der Waals surface area contributed by atoms with Crippen molar-refractivity contribution in [1.82, 2.24) is 0 Å². The van der Waals surface area contributed by atoms with E-state index in [1.165, 1.54) is 6.07 Å². The second-order valence-electron chi connectivity index (χ2n) is 4.10. The molecular formula is C15H14O3. The van der Waals surface area contributed by atoms with Crippen LogP contribution in [0.2, 0.25) is 0 Å². The van der Waals surface area contributed by atoms with Crippen LogP contribution >= 0.6 is 0 Å². The Hall–Kier alpha value is -2.42. The molecule has 0 radical (unpaired) electrons. The predicted molar refractivity (Wildman–Crippen MR) is 71.5 cm³/mol. The average molecular weight is 242 g/mol. The summed E-state index contributed by atoms with van der Waals surface area (Å²) in [6.45, 7) is 1.78. The molecule has 0 spiro atoms.